The summed E-state index contributed by atoms with van der Waals surface area (Å²) in [5.41, 5.74) is 7.92. The Morgan fingerprint density at radius 1 is 0.594 bits per heavy atom. The van der Waals surface area contributed by atoms with Crippen LogP contribution in [0.5, 0.6) is 0 Å². The topological polar surface area (TPSA) is 23.6 Å². The second kappa shape index (κ2) is 7.47. The molecule has 0 saturated heterocycles. The van der Waals surface area contributed by atoms with E-state index < -0.39 is 0 Å². The molecular weight excluding hydrogens is 432 g/mol. The van der Waals surface area contributed by atoms with Crippen molar-refractivity contribution >= 4 is 52.6 Å². The maximum atomic E-state index is 11.2. The first kappa shape index (κ1) is 19.5. The minimum atomic E-state index is 0.709. The quantitative estimate of drug-likeness (QED) is 0.291. The Morgan fingerprint density at radius 3 is 1.72 bits per heavy atom. The zero-order valence-electron chi connectivity index (χ0n) is 17.7. The van der Waals surface area contributed by atoms with Crippen molar-refractivity contribution in [2.24, 2.45) is 0 Å². The Bertz CT molecular complexity index is 1400. The van der Waals surface area contributed by atoms with E-state index in [1.54, 1.807) is 11.8 Å². The summed E-state index contributed by atoms with van der Waals surface area (Å²) in [6, 6.07) is 27.8. The predicted octanol–water partition coefficient (Wildman–Crippen LogP) is 7.63. The first-order valence-corrected chi connectivity index (χ1v) is 12.1. The van der Waals surface area contributed by atoms with Crippen LogP contribution in [0, 0.1) is 0 Å². The van der Waals surface area contributed by atoms with Crippen molar-refractivity contribution in [2.45, 2.75) is 19.6 Å². The fourth-order valence-electron chi connectivity index (χ4n) is 4.38. The van der Waals surface area contributed by atoms with Crippen LogP contribution in [0.4, 0.5) is 22.7 Å². The number of aldehydes is 1. The number of nitrogens with zero attached hydrogens (tertiary/aromatic N) is 2. The molecule has 2 heterocycles. The van der Waals surface area contributed by atoms with Gasteiger partial charge in [-0.25, -0.2) is 0 Å². The van der Waals surface area contributed by atoms with E-state index in [9.17, 15) is 4.79 Å². The standard InChI is InChI=1S/C27H20N2OS2/c1-28-20-5-3-4-6-24(20)31-26-14-18(8-11-22(26)28)19-9-12-23-27(15-19)32-25-13-17(16-30)7-10-21(25)29(23)2/h3-16H,1-2H3. The Labute approximate surface area is 196 Å². The third-order valence-electron chi connectivity index (χ3n) is 6.12. The highest BCUT2D eigenvalue weighted by molar-refractivity contribution is 8.00. The van der Waals surface area contributed by atoms with Crippen LogP contribution >= 0.6 is 23.5 Å². The summed E-state index contributed by atoms with van der Waals surface area (Å²) in [5, 5.41) is 0. The van der Waals surface area contributed by atoms with Gasteiger partial charge in [0.05, 0.1) is 22.7 Å². The molecule has 0 fully saturated rings. The van der Waals surface area contributed by atoms with Gasteiger partial charge in [0.15, 0.2) is 0 Å². The summed E-state index contributed by atoms with van der Waals surface area (Å²) >= 11 is 3.56. The molecule has 0 N–H and O–H groups in total. The molecule has 4 aromatic rings. The average Bonchev–Trinajstić information content (AvgIpc) is 2.83. The molecule has 0 saturated carbocycles. The largest absolute Gasteiger partial charge is 0.343 e. The summed E-state index contributed by atoms with van der Waals surface area (Å²) < 4.78 is 0. The molecule has 0 radical (unpaired) electrons. The van der Waals surface area contributed by atoms with E-state index in [0.717, 1.165) is 16.9 Å². The second-order valence-corrected chi connectivity index (χ2v) is 10.2. The van der Waals surface area contributed by atoms with Crippen LogP contribution in [-0.2, 0) is 0 Å². The minimum Gasteiger partial charge on any atom is -0.343 e. The first-order chi connectivity index (χ1) is 15.6. The van der Waals surface area contributed by atoms with E-state index in [1.807, 2.05) is 30.0 Å². The summed E-state index contributed by atoms with van der Waals surface area (Å²) in [7, 11) is 4.22. The molecule has 3 nitrogen and oxygen atoms in total. The number of hydrogen-bond acceptors (Lipinski definition) is 5. The van der Waals surface area contributed by atoms with Gasteiger partial charge in [-0.1, -0.05) is 47.8 Å². The average molecular weight is 453 g/mol. The smallest absolute Gasteiger partial charge is 0.150 e. The fraction of sp³-hybridized carbons (Fsp3) is 0.0741. The Morgan fingerprint density at radius 2 is 1.09 bits per heavy atom. The number of benzene rings is 4. The summed E-state index contributed by atoms with van der Waals surface area (Å²) in [6.07, 6.45) is 0.909. The molecule has 0 atom stereocenters. The molecule has 0 unspecified atom stereocenters. The lowest BCUT2D eigenvalue weighted by Crippen LogP contribution is -2.15. The van der Waals surface area contributed by atoms with Crippen LogP contribution in [0.3, 0.4) is 0 Å². The normalized spacial score (nSPS) is 13.7. The van der Waals surface area contributed by atoms with Gasteiger partial charge in [-0.3, -0.25) is 4.79 Å². The lowest BCUT2D eigenvalue weighted by Gasteiger charge is -2.30. The maximum absolute atomic E-state index is 11.2. The van der Waals surface area contributed by atoms with Gasteiger partial charge < -0.3 is 9.80 Å². The lowest BCUT2D eigenvalue weighted by molar-refractivity contribution is 0.112. The molecule has 6 rings (SSSR count). The predicted molar refractivity (Wildman–Crippen MR) is 135 cm³/mol. The monoisotopic (exact) mass is 452 g/mol. The highest BCUT2D eigenvalue weighted by atomic mass is 32.2. The molecule has 4 aromatic carbocycles. The lowest BCUT2D eigenvalue weighted by atomic mass is 10.0. The van der Waals surface area contributed by atoms with Gasteiger partial charge in [0, 0.05) is 39.2 Å². The number of carbonyl (C=O) groups is 1. The number of fused-ring (bicyclic) bond motifs is 4. The van der Waals surface area contributed by atoms with Crippen LogP contribution in [0.1, 0.15) is 10.4 Å². The van der Waals surface area contributed by atoms with Crippen molar-refractivity contribution < 1.29 is 4.79 Å². The molecule has 0 amide bonds. The van der Waals surface area contributed by atoms with Crippen molar-refractivity contribution in [2.75, 3.05) is 23.9 Å². The van der Waals surface area contributed by atoms with Gasteiger partial charge in [-0.2, -0.15) is 0 Å². The third-order valence-corrected chi connectivity index (χ3v) is 8.33. The molecule has 32 heavy (non-hydrogen) atoms. The van der Waals surface area contributed by atoms with E-state index in [2.05, 4.69) is 84.6 Å². The molecule has 0 aliphatic carbocycles. The molecule has 0 spiro atoms. The first-order valence-electron chi connectivity index (χ1n) is 10.4. The zero-order chi connectivity index (χ0) is 21.8. The van der Waals surface area contributed by atoms with Gasteiger partial charge in [-0.15, -0.1) is 0 Å². The highest BCUT2D eigenvalue weighted by Crippen LogP contribution is 2.50. The van der Waals surface area contributed by atoms with Crippen molar-refractivity contribution in [3.8, 4) is 11.1 Å². The van der Waals surface area contributed by atoms with Crippen LogP contribution in [0.15, 0.2) is 98.4 Å². The van der Waals surface area contributed by atoms with Gasteiger partial charge in [0.2, 0.25) is 0 Å². The van der Waals surface area contributed by atoms with Gasteiger partial charge in [0.1, 0.15) is 6.29 Å². The zero-order valence-corrected chi connectivity index (χ0v) is 19.3. The van der Waals surface area contributed by atoms with Crippen molar-refractivity contribution in [1.29, 1.82) is 0 Å². The van der Waals surface area contributed by atoms with E-state index in [1.165, 1.54) is 42.9 Å². The molecule has 2 aliphatic heterocycles. The van der Waals surface area contributed by atoms with Crippen LogP contribution in [-0.4, -0.2) is 20.4 Å². The number of rotatable bonds is 2. The van der Waals surface area contributed by atoms with E-state index in [0.29, 0.717) is 5.56 Å². The SMILES string of the molecule is CN1c2ccccc2Sc2cc(-c3ccc4c(c3)Sc3cc(C=O)ccc3N4C)ccc21. The molecule has 5 heteroatoms. The molecule has 0 bridgehead atoms. The van der Waals surface area contributed by atoms with Crippen molar-refractivity contribution in [3.05, 3.63) is 84.4 Å². The Balaban J connectivity index is 1.38. The van der Waals surface area contributed by atoms with E-state index >= 15 is 0 Å². The maximum Gasteiger partial charge on any atom is 0.150 e. The number of para-hydroxylation sites is 1. The Hall–Kier alpha value is -3.15. The van der Waals surface area contributed by atoms with E-state index in [-0.39, 0.29) is 0 Å². The van der Waals surface area contributed by atoms with Gasteiger partial charge >= 0.3 is 0 Å². The summed E-state index contributed by atoms with van der Waals surface area (Å²) in [5.74, 6) is 0. The van der Waals surface area contributed by atoms with Crippen LogP contribution in [0.25, 0.3) is 11.1 Å². The van der Waals surface area contributed by atoms with Crippen molar-refractivity contribution in [1.82, 2.24) is 0 Å². The molecular formula is C27H20N2OS2. The third kappa shape index (κ3) is 3.04. The van der Waals surface area contributed by atoms with Crippen LogP contribution < -0.4 is 9.80 Å². The number of carbonyl (C=O) groups excluding carboxylic acids is 1. The molecule has 156 valence electrons. The number of hydrogen-bond donors (Lipinski definition) is 0. The molecule has 2 aliphatic rings. The van der Waals surface area contributed by atoms with Gasteiger partial charge in [-0.05, 0) is 65.7 Å². The van der Waals surface area contributed by atoms with E-state index in [4.69, 9.17) is 0 Å². The summed E-state index contributed by atoms with van der Waals surface area (Å²) in [4.78, 5) is 20.6. The summed E-state index contributed by atoms with van der Waals surface area (Å²) in [6.45, 7) is 0. The number of anilines is 4. The van der Waals surface area contributed by atoms with Gasteiger partial charge in [0.25, 0.3) is 0 Å². The Kier molecular flexibility index (Phi) is 4.56. The molecule has 0 aromatic heterocycles. The fourth-order valence-corrected chi connectivity index (χ4v) is 6.81. The highest BCUT2D eigenvalue weighted by Gasteiger charge is 2.23. The second-order valence-electron chi connectivity index (χ2n) is 8.00. The van der Waals surface area contributed by atoms with Crippen LogP contribution in [0.2, 0.25) is 0 Å². The minimum absolute atomic E-state index is 0.709. The van der Waals surface area contributed by atoms with Crippen molar-refractivity contribution in [3.63, 3.8) is 0 Å².